The van der Waals surface area contributed by atoms with Crippen LogP contribution in [0.3, 0.4) is 0 Å². The minimum atomic E-state index is -0.108. The molecule has 0 aliphatic rings. The van der Waals surface area contributed by atoms with Gasteiger partial charge in [0, 0.05) is 18.3 Å². The Hall–Kier alpha value is -4.20. The molecule has 38 heavy (non-hydrogen) atoms. The highest BCUT2D eigenvalue weighted by molar-refractivity contribution is 5.92. The molecule has 1 N–H and O–H groups in total. The summed E-state index contributed by atoms with van der Waals surface area (Å²) in [5.41, 5.74) is 3.81. The Kier molecular flexibility index (Phi) is 7.67. The van der Waals surface area contributed by atoms with E-state index in [0.29, 0.717) is 45.8 Å². The molecule has 7 nitrogen and oxygen atoms in total. The van der Waals surface area contributed by atoms with Crippen LogP contribution in [0, 0.1) is 0 Å². The van der Waals surface area contributed by atoms with Gasteiger partial charge in [-0.3, -0.25) is 9.78 Å². The number of rotatable bonds is 10. The molecule has 194 valence electrons. The molecule has 2 heterocycles. The molecule has 0 unspecified atom stereocenters. The Morgan fingerprint density at radius 2 is 1.68 bits per heavy atom. The van der Waals surface area contributed by atoms with Gasteiger partial charge in [0.2, 0.25) is 5.43 Å². The molecule has 3 aromatic carbocycles. The van der Waals surface area contributed by atoms with E-state index < -0.39 is 0 Å². The number of nitrogens with zero attached hydrogens (tertiary/aromatic N) is 2. The number of aryl methyl sites for hydroxylation is 2. The van der Waals surface area contributed by atoms with E-state index in [1.165, 1.54) is 5.56 Å². The summed E-state index contributed by atoms with van der Waals surface area (Å²) in [4.78, 5) is 19.7. The molecule has 0 saturated carbocycles. The summed E-state index contributed by atoms with van der Waals surface area (Å²) in [6.07, 6.45) is 3.35. The number of pyridine rings is 1. The number of hydrogen-bond donors (Lipinski definition) is 1. The lowest BCUT2D eigenvalue weighted by Gasteiger charge is -2.12. The maximum absolute atomic E-state index is 13.1. The molecule has 2 aromatic heterocycles. The van der Waals surface area contributed by atoms with Gasteiger partial charge in [-0.05, 0) is 74.5 Å². The molecule has 0 atom stereocenters. The second kappa shape index (κ2) is 11.5. The Labute approximate surface area is 220 Å². The van der Waals surface area contributed by atoms with Gasteiger partial charge in [0.05, 0.1) is 23.6 Å². The molecule has 0 radical (unpaired) electrons. The summed E-state index contributed by atoms with van der Waals surface area (Å²) in [6.45, 7) is 1.28. The van der Waals surface area contributed by atoms with Crippen LogP contribution in [0.25, 0.3) is 21.9 Å². The number of fused-ring (bicyclic) bond motifs is 2. The van der Waals surface area contributed by atoms with Crippen molar-refractivity contribution in [1.82, 2.24) is 9.88 Å². The quantitative estimate of drug-likeness (QED) is 0.254. The van der Waals surface area contributed by atoms with E-state index in [9.17, 15) is 9.90 Å². The monoisotopic (exact) mass is 510 g/mol. The normalized spacial score (nSPS) is 11.4. The third-order valence-corrected chi connectivity index (χ3v) is 6.34. The van der Waals surface area contributed by atoms with Crippen LogP contribution in [0.5, 0.6) is 17.2 Å². The lowest BCUT2D eigenvalue weighted by atomic mass is 10.1. The summed E-state index contributed by atoms with van der Waals surface area (Å²) in [7, 11) is 3.95. The van der Waals surface area contributed by atoms with E-state index in [-0.39, 0.29) is 12.0 Å². The molecule has 0 aliphatic heterocycles. The second-order valence-electron chi connectivity index (χ2n) is 9.44. The van der Waals surface area contributed by atoms with Crippen molar-refractivity contribution in [3.63, 3.8) is 0 Å². The molecular weight excluding hydrogens is 480 g/mol. The Morgan fingerprint density at radius 1 is 0.895 bits per heavy atom. The Morgan fingerprint density at radius 3 is 2.42 bits per heavy atom. The van der Waals surface area contributed by atoms with Crippen LogP contribution >= 0.6 is 0 Å². The smallest absolute Gasteiger partial charge is 0.200 e. The van der Waals surface area contributed by atoms with Gasteiger partial charge in [0.15, 0.2) is 11.3 Å². The fourth-order valence-corrected chi connectivity index (χ4v) is 4.18. The first-order valence-electron chi connectivity index (χ1n) is 12.6. The van der Waals surface area contributed by atoms with Crippen LogP contribution in [-0.2, 0) is 19.4 Å². The number of likely N-dealkylation sites (N-methyl/N-ethyl adjacent to an activating group) is 1. The molecule has 5 aromatic rings. The Bertz CT molecular complexity index is 1590. The summed E-state index contributed by atoms with van der Waals surface area (Å²) in [5, 5.41) is 10.1. The molecule has 0 aliphatic carbocycles. The van der Waals surface area contributed by atoms with Crippen LogP contribution in [-0.4, -0.2) is 42.2 Å². The SMILES string of the molecule is CN(C)CCOc1cccc2c(=O)c3ccc(Oc4ccc(CCc5ccc(CO)cc5)nc4)cc3oc12. The van der Waals surface area contributed by atoms with E-state index >= 15 is 0 Å². The average Bonchev–Trinajstić information content (AvgIpc) is 2.93. The number of hydrogen-bond acceptors (Lipinski definition) is 7. The van der Waals surface area contributed by atoms with Gasteiger partial charge in [-0.25, -0.2) is 0 Å². The van der Waals surface area contributed by atoms with Gasteiger partial charge in [0.25, 0.3) is 0 Å². The minimum Gasteiger partial charge on any atom is -0.488 e. The fourth-order valence-electron chi connectivity index (χ4n) is 4.18. The van der Waals surface area contributed by atoms with Gasteiger partial charge >= 0.3 is 0 Å². The van der Waals surface area contributed by atoms with E-state index in [0.717, 1.165) is 30.6 Å². The second-order valence-corrected chi connectivity index (χ2v) is 9.44. The maximum atomic E-state index is 13.1. The molecular formula is C31H30N2O5. The van der Waals surface area contributed by atoms with Gasteiger partial charge in [-0.15, -0.1) is 0 Å². The number of aromatic nitrogens is 1. The highest BCUT2D eigenvalue weighted by atomic mass is 16.5. The van der Waals surface area contributed by atoms with Crippen molar-refractivity contribution in [2.24, 2.45) is 0 Å². The van der Waals surface area contributed by atoms with Gasteiger partial charge in [-0.2, -0.15) is 0 Å². The van der Waals surface area contributed by atoms with E-state index in [2.05, 4.69) is 4.98 Å². The lowest BCUT2D eigenvalue weighted by molar-refractivity contribution is 0.261. The molecule has 7 heteroatoms. The summed E-state index contributed by atoms with van der Waals surface area (Å²) < 4.78 is 18.1. The largest absolute Gasteiger partial charge is 0.488 e. The number of ether oxygens (including phenoxy) is 2. The number of aliphatic hydroxyl groups is 1. The van der Waals surface area contributed by atoms with Crippen molar-refractivity contribution >= 4 is 21.9 Å². The standard InChI is InChI=1S/C31H30N2O5/c1-33(2)16-17-36-28-5-3-4-27-30(35)26-15-14-24(18-29(26)38-31(27)28)37-25-13-12-23(32-19-25)11-10-21-6-8-22(20-34)9-7-21/h3-9,12-15,18-19,34H,10-11,16-17,20H2,1-2H3. The van der Waals surface area contributed by atoms with Crippen molar-refractivity contribution in [3.8, 4) is 17.2 Å². The van der Waals surface area contributed by atoms with Crippen molar-refractivity contribution in [2.45, 2.75) is 19.4 Å². The van der Waals surface area contributed by atoms with Gasteiger partial charge in [-0.1, -0.05) is 30.3 Å². The van der Waals surface area contributed by atoms with E-state index in [1.54, 1.807) is 36.5 Å². The van der Waals surface area contributed by atoms with Crippen LogP contribution in [0.4, 0.5) is 0 Å². The zero-order chi connectivity index (χ0) is 26.5. The first-order valence-corrected chi connectivity index (χ1v) is 12.6. The molecule has 0 bridgehead atoms. The van der Waals surface area contributed by atoms with Crippen molar-refractivity contribution in [3.05, 3.63) is 106 Å². The van der Waals surface area contributed by atoms with Crippen molar-refractivity contribution in [1.29, 1.82) is 0 Å². The highest BCUT2D eigenvalue weighted by Gasteiger charge is 2.13. The van der Waals surface area contributed by atoms with Crippen LogP contribution in [0.15, 0.2) is 88.2 Å². The third kappa shape index (κ3) is 5.85. The molecule has 0 fully saturated rings. The molecule has 5 rings (SSSR count). The predicted molar refractivity (Wildman–Crippen MR) is 148 cm³/mol. The zero-order valence-corrected chi connectivity index (χ0v) is 21.5. The number of aliphatic hydroxyl groups excluding tert-OH is 1. The topological polar surface area (TPSA) is 85.0 Å². The number of benzene rings is 3. The maximum Gasteiger partial charge on any atom is 0.200 e. The minimum absolute atomic E-state index is 0.0513. The molecule has 0 spiro atoms. The summed E-state index contributed by atoms with van der Waals surface area (Å²) >= 11 is 0. The summed E-state index contributed by atoms with van der Waals surface area (Å²) in [6, 6.07) is 22.3. The zero-order valence-electron chi connectivity index (χ0n) is 21.5. The molecule has 0 amide bonds. The predicted octanol–water partition coefficient (Wildman–Crippen LogP) is 5.35. The first-order chi connectivity index (χ1) is 18.5. The van der Waals surface area contributed by atoms with Crippen LogP contribution in [0.2, 0.25) is 0 Å². The van der Waals surface area contributed by atoms with Gasteiger partial charge < -0.3 is 23.9 Å². The average molecular weight is 511 g/mol. The van der Waals surface area contributed by atoms with Crippen molar-refractivity contribution < 1.29 is 19.0 Å². The van der Waals surface area contributed by atoms with Crippen LogP contribution in [0.1, 0.15) is 16.8 Å². The fraction of sp³-hybridized carbons (Fsp3) is 0.226. The van der Waals surface area contributed by atoms with Crippen molar-refractivity contribution in [2.75, 3.05) is 27.2 Å². The lowest BCUT2D eigenvalue weighted by Crippen LogP contribution is -2.19. The van der Waals surface area contributed by atoms with Crippen LogP contribution < -0.4 is 14.9 Å². The van der Waals surface area contributed by atoms with E-state index in [1.807, 2.05) is 61.5 Å². The highest BCUT2D eigenvalue weighted by Crippen LogP contribution is 2.30. The van der Waals surface area contributed by atoms with Gasteiger partial charge in [0.1, 0.15) is 23.7 Å². The first kappa shape index (κ1) is 25.4. The molecule has 0 saturated heterocycles. The number of para-hydroxylation sites is 1. The summed E-state index contributed by atoms with van der Waals surface area (Å²) in [5.74, 6) is 1.68. The third-order valence-electron chi connectivity index (χ3n) is 6.34. The van der Waals surface area contributed by atoms with E-state index in [4.69, 9.17) is 13.9 Å². The Balaban J connectivity index is 1.32.